The summed E-state index contributed by atoms with van der Waals surface area (Å²) < 4.78 is 7.49. The summed E-state index contributed by atoms with van der Waals surface area (Å²) in [5, 5.41) is 4.87. The first kappa shape index (κ1) is 15.2. The molecule has 3 nitrogen and oxygen atoms in total. The molecule has 0 spiro atoms. The zero-order valence-corrected chi connectivity index (χ0v) is 14.0. The average molecular weight is 326 g/mol. The first-order valence-electron chi connectivity index (χ1n) is 8.21. The standard InChI is InChI=1S/C22H18N2O/c1-25-22-15-9-8-14-19(22)20-16-21(17-10-4-2-5-11-17)24(23-20)18-12-6-3-7-13-18/h2-16H,1H3. The fourth-order valence-corrected chi connectivity index (χ4v) is 2.95. The molecule has 4 rings (SSSR count). The molecule has 3 aromatic carbocycles. The molecule has 1 heterocycles. The van der Waals surface area contributed by atoms with E-state index in [-0.39, 0.29) is 0 Å². The van der Waals surface area contributed by atoms with E-state index in [0.717, 1.165) is 34.0 Å². The number of aromatic nitrogens is 2. The van der Waals surface area contributed by atoms with Gasteiger partial charge in [-0.2, -0.15) is 5.10 Å². The van der Waals surface area contributed by atoms with Gasteiger partial charge in [0.25, 0.3) is 0 Å². The van der Waals surface area contributed by atoms with Crippen molar-refractivity contribution in [3.63, 3.8) is 0 Å². The fraction of sp³-hybridized carbons (Fsp3) is 0.0455. The van der Waals surface area contributed by atoms with E-state index in [9.17, 15) is 0 Å². The summed E-state index contributed by atoms with van der Waals surface area (Å²) in [7, 11) is 1.69. The number of hydrogen-bond acceptors (Lipinski definition) is 2. The number of ether oxygens (including phenoxy) is 1. The van der Waals surface area contributed by atoms with E-state index in [1.54, 1.807) is 7.11 Å². The molecule has 0 saturated carbocycles. The topological polar surface area (TPSA) is 27.1 Å². The molecule has 0 fully saturated rings. The van der Waals surface area contributed by atoms with Crippen LogP contribution in [-0.4, -0.2) is 16.9 Å². The Labute approximate surface area is 147 Å². The molecule has 3 heteroatoms. The maximum absolute atomic E-state index is 5.51. The molecule has 0 bridgehead atoms. The van der Waals surface area contributed by atoms with Crippen LogP contribution in [0.1, 0.15) is 0 Å². The summed E-state index contributed by atoms with van der Waals surface area (Å²) in [6.07, 6.45) is 0. The Kier molecular flexibility index (Phi) is 4.05. The van der Waals surface area contributed by atoms with Crippen LogP contribution in [0, 0.1) is 0 Å². The van der Waals surface area contributed by atoms with E-state index in [2.05, 4.69) is 30.3 Å². The minimum Gasteiger partial charge on any atom is -0.496 e. The molecule has 0 N–H and O–H groups in total. The summed E-state index contributed by atoms with van der Waals surface area (Å²) in [4.78, 5) is 0. The number of para-hydroxylation sites is 2. The Morgan fingerprint density at radius 3 is 2.12 bits per heavy atom. The zero-order valence-electron chi connectivity index (χ0n) is 14.0. The number of rotatable bonds is 4. The molecular weight excluding hydrogens is 308 g/mol. The normalized spacial score (nSPS) is 10.6. The molecule has 0 radical (unpaired) electrons. The van der Waals surface area contributed by atoms with E-state index < -0.39 is 0 Å². The Balaban J connectivity index is 1.93. The minimum atomic E-state index is 0.819. The van der Waals surface area contributed by atoms with Crippen LogP contribution in [0.4, 0.5) is 0 Å². The maximum Gasteiger partial charge on any atom is 0.128 e. The van der Waals surface area contributed by atoms with Gasteiger partial charge in [0.1, 0.15) is 5.75 Å². The number of benzene rings is 3. The van der Waals surface area contributed by atoms with Crippen molar-refractivity contribution in [3.8, 4) is 34.0 Å². The van der Waals surface area contributed by atoms with Crippen molar-refractivity contribution in [1.82, 2.24) is 9.78 Å². The van der Waals surface area contributed by atoms with Crippen molar-refractivity contribution in [1.29, 1.82) is 0 Å². The number of methoxy groups -OCH3 is 1. The minimum absolute atomic E-state index is 0.819. The van der Waals surface area contributed by atoms with E-state index in [4.69, 9.17) is 9.84 Å². The molecular formula is C22H18N2O. The quantitative estimate of drug-likeness (QED) is 0.514. The monoisotopic (exact) mass is 326 g/mol. The van der Waals surface area contributed by atoms with Crippen LogP contribution in [0.5, 0.6) is 5.75 Å². The van der Waals surface area contributed by atoms with Crippen LogP contribution in [-0.2, 0) is 0 Å². The Morgan fingerprint density at radius 1 is 0.760 bits per heavy atom. The largest absolute Gasteiger partial charge is 0.496 e. The summed E-state index contributed by atoms with van der Waals surface area (Å²) in [6.45, 7) is 0. The van der Waals surface area contributed by atoms with Crippen molar-refractivity contribution in [2.45, 2.75) is 0 Å². The highest BCUT2D eigenvalue weighted by atomic mass is 16.5. The van der Waals surface area contributed by atoms with Crippen molar-refractivity contribution in [3.05, 3.63) is 91.0 Å². The Bertz CT molecular complexity index is 918. The van der Waals surface area contributed by atoms with E-state index >= 15 is 0 Å². The Morgan fingerprint density at radius 2 is 1.40 bits per heavy atom. The summed E-state index contributed by atoms with van der Waals surface area (Å²) in [6, 6.07) is 30.6. The molecule has 25 heavy (non-hydrogen) atoms. The van der Waals surface area contributed by atoms with Crippen LogP contribution in [0.25, 0.3) is 28.2 Å². The van der Waals surface area contributed by atoms with Crippen LogP contribution in [0.3, 0.4) is 0 Å². The lowest BCUT2D eigenvalue weighted by atomic mass is 10.1. The Hall–Kier alpha value is -3.33. The predicted octanol–water partition coefficient (Wildman–Crippen LogP) is 5.21. The second kappa shape index (κ2) is 6.65. The van der Waals surface area contributed by atoms with E-state index in [1.807, 2.05) is 65.3 Å². The second-order valence-electron chi connectivity index (χ2n) is 5.73. The third-order valence-corrected chi connectivity index (χ3v) is 4.16. The maximum atomic E-state index is 5.51. The average Bonchev–Trinajstić information content (AvgIpc) is 3.14. The summed E-state index contributed by atoms with van der Waals surface area (Å²) >= 11 is 0. The van der Waals surface area contributed by atoms with Gasteiger partial charge < -0.3 is 4.74 Å². The molecule has 122 valence electrons. The highest BCUT2D eigenvalue weighted by Gasteiger charge is 2.15. The summed E-state index contributed by atoms with van der Waals surface area (Å²) in [5.74, 6) is 0.819. The van der Waals surface area contributed by atoms with Gasteiger partial charge in [-0.3, -0.25) is 0 Å². The zero-order chi connectivity index (χ0) is 17.1. The van der Waals surface area contributed by atoms with Crippen molar-refractivity contribution < 1.29 is 4.74 Å². The van der Waals surface area contributed by atoms with Gasteiger partial charge in [-0.15, -0.1) is 0 Å². The lowest BCUT2D eigenvalue weighted by Crippen LogP contribution is -1.99. The predicted molar refractivity (Wildman–Crippen MR) is 101 cm³/mol. The third kappa shape index (κ3) is 2.92. The molecule has 0 aliphatic rings. The molecule has 0 amide bonds. The van der Waals surface area contributed by atoms with Crippen molar-refractivity contribution >= 4 is 0 Å². The molecule has 0 saturated heterocycles. The smallest absolute Gasteiger partial charge is 0.128 e. The third-order valence-electron chi connectivity index (χ3n) is 4.16. The van der Waals surface area contributed by atoms with E-state index in [0.29, 0.717) is 0 Å². The van der Waals surface area contributed by atoms with Crippen LogP contribution < -0.4 is 4.74 Å². The van der Waals surface area contributed by atoms with Crippen molar-refractivity contribution in [2.24, 2.45) is 0 Å². The molecule has 0 aliphatic heterocycles. The number of hydrogen-bond donors (Lipinski definition) is 0. The van der Waals surface area contributed by atoms with Gasteiger partial charge in [-0.05, 0) is 30.3 Å². The van der Waals surface area contributed by atoms with Gasteiger partial charge in [-0.25, -0.2) is 4.68 Å². The highest BCUT2D eigenvalue weighted by molar-refractivity contribution is 5.73. The van der Waals surface area contributed by atoms with Gasteiger partial charge >= 0.3 is 0 Å². The van der Waals surface area contributed by atoms with Gasteiger partial charge in [0, 0.05) is 11.1 Å². The molecule has 1 aromatic heterocycles. The van der Waals surface area contributed by atoms with Gasteiger partial charge in [0.05, 0.1) is 24.2 Å². The van der Waals surface area contributed by atoms with Gasteiger partial charge in [-0.1, -0.05) is 60.7 Å². The first-order valence-corrected chi connectivity index (χ1v) is 8.21. The van der Waals surface area contributed by atoms with Crippen LogP contribution in [0.2, 0.25) is 0 Å². The highest BCUT2D eigenvalue weighted by Crippen LogP contribution is 2.33. The lowest BCUT2D eigenvalue weighted by Gasteiger charge is -2.07. The lowest BCUT2D eigenvalue weighted by molar-refractivity contribution is 0.416. The van der Waals surface area contributed by atoms with E-state index in [1.165, 1.54) is 0 Å². The molecule has 4 aromatic rings. The van der Waals surface area contributed by atoms with Crippen LogP contribution >= 0.6 is 0 Å². The molecule has 0 unspecified atom stereocenters. The SMILES string of the molecule is COc1ccccc1-c1cc(-c2ccccc2)n(-c2ccccc2)n1. The molecule has 0 aliphatic carbocycles. The number of nitrogens with zero attached hydrogens (tertiary/aromatic N) is 2. The molecule has 0 atom stereocenters. The summed E-state index contributed by atoms with van der Waals surface area (Å²) in [5.41, 5.74) is 5.08. The fourth-order valence-electron chi connectivity index (χ4n) is 2.95. The van der Waals surface area contributed by atoms with Crippen molar-refractivity contribution in [2.75, 3.05) is 7.11 Å². The van der Waals surface area contributed by atoms with Gasteiger partial charge in [0.15, 0.2) is 0 Å². The second-order valence-corrected chi connectivity index (χ2v) is 5.73. The first-order chi connectivity index (χ1) is 12.4. The van der Waals surface area contributed by atoms with Gasteiger partial charge in [0.2, 0.25) is 0 Å². The van der Waals surface area contributed by atoms with Crippen LogP contribution in [0.15, 0.2) is 91.0 Å².